The van der Waals surface area contributed by atoms with Crippen LogP contribution in [0.2, 0.25) is 0 Å². The van der Waals surface area contributed by atoms with Gasteiger partial charge in [-0.2, -0.15) is 0 Å². The molecule has 5 nitrogen and oxygen atoms in total. The molecule has 0 aliphatic carbocycles. The molecule has 20 heavy (non-hydrogen) atoms. The lowest BCUT2D eigenvalue weighted by Crippen LogP contribution is -2.33. The molecule has 1 heterocycles. The molecule has 6 heteroatoms. The summed E-state index contributed by atoms with van der Waals surface area (Å²) in [7, 11) is 1.72. The monoisotopic (exact) mass is 392 g/mol. The van der Waals surface area contributed by atoms with E-state index in [-0.39, 0.29) is 24.0 Å². The molecule has 1 aromatic rings. The maximum atomic E-state index is 5.77. The molecule has 0 saturated heterocycles. The molecule has 0 bridgehead atoms. The van der Waals surface area contributed by atoms with Crippen LogP contribution < -0.4 is 11.1 Å². The van der Waals surface area contributed by atoms with Gasteiger partial charge in [-0.05, 0) is 31.4 Å². The zero-order chi connectivity index (χ0) is 13.8. The third-order valence-corrected chi connectivity index (χ3v) is 2.70. The van der Waals surface area contributed by atoms with Crippen LogP contribution in [0, 0.1) is 0 Å². The van der Waals surface area contributed by atoms with Gasteiger partial charge >= 0.3 is 0 Å². The number of hydrogen-bond donors (Lipinski definition) is 2. The number of aliphatic imine (C=N–C) groups is 1. The first kappa shape index (κ1) is 19.1. The number of hydrogen-bond acceptors (Lipinski definition) is 3. The first-order chi connectivity index (χ1) is 9.33. The molecule has 114 valence electrons. The van der Waals surface area contributed by atoms with E-state index in [1.165, 1.54) is 0 Å². The molecule has 0 radical (unpaired) electrons. The minimum atomic E-state index is 0. The predicted octanol–water partition coefficient (Wildman–Crippen LogP) is 1.96. The number of guanidine groups is 1. The van der Waals surface area contributed by atoms with Gasteiger partial charge in [-0.3, -0.25) is 9.98 Å². The third kappa shape index (κ3) is 9.96. The molecule has 0 aliphatic rings. The summed E-state index contributed by atoms with van der Waals surface area (Å²) in [5, 5.41) is 3.10. The average molecular weight is 392 g/mol. The van der Waals surface area contributed by atoms with Crippen LogP contribution in [0.5, 0.6) is 0 Å². The Morgan fingerprint density at radius 3 is 2.90 bits per heavy atom. The molecule has 0 fully saturated rings. The molecule has 0 aliphatic heterocycles. The highest BCUT2D eigenvalue weighted by atomic mass is 127. The van der Waals surface area contributed by atoms with Gasteiger partial charge in [0.1, 0.15) is 0 Å². The summed E-state index contributed by atoms with van der Waals surface area (Å²) in [4.78, 5) is 8.52. The lowest BCUT2D eigenvalue weighted by Gasteiger charge is -2.05. The summed E-state index contributed by atoms with van der Waals surface area (Å²) < 4.78 is 4.99. The van der Waals surface area contributed by atoms with Crippen molar-refractivity contribution in [2.24, 2.45) is 10.7 Å². The Morgan fingerprint density at radius 2 is 2.20 bits per heavy atom. The average Bonchev–Trinajstić information content (AvgIpc) is 2.44. The van der Waals surface area contributed by atoms with Gasteiger partial charge in [-0.15, -0.1) is 24.0 Å². The maximum Gasteiger partial charge on any atom is 0.188 e. The Kier molecular flexibility index (Phi) is 12.5. The first-order valence-electron chi connectivity index (χ1n) is 6.75. The van der Waals surface area contributed by atoms with E-state index in [1.54, 1.807) is 13.3 Å². The van der Waals surface area contributed by atoms with Crippen molar-refractivity contribution in [3.63, 3.8) is 0 Å². The van der Waals surface area contributed by atoms with Gasteiger partial charge in [0, 0.05) is 45.1 Å². The molecule has 0 saturated carbocycles. The standard InChI is InChI=1S/C14H24N4O.HI/c1-19-12-6-2-4-10-17-14(15)18-11-8-13-7-3-5-9-16-13;/h3,5,7,9H,2,4,6,8,10-12H2,1H3,(H3,15,17,18);1H. The van der Waals surface area contributed by atoms with E-state index in [0.717, 1.165) is 51.1 Å². The van der Waals surface area contributed by atoms with Gasteiger partial charge in [-0.25, -0.2) is 0 Å². The lowest BCUT2D eigenvalue weighted by atomic mass is 10.2. The topological polar surface area (TPSA) is 72.5 Å². The Morgan fingerprint density at radius 1 is 1.35 bits per heavy atom. The Hall–Kier alpha value is -0.890. The zero-order valence-corrected chi connectivity index (χ0v) is 14.4. The lowest BCUT2D eigenvalue weighted by molar-refractivity contribution is 0.192. The van der Waals surface area contributed by atoms with Crippen LogP contribution in [0.4, 0.5) is 0 Å². The molecule has 1 aromatic heterocycles. The molecular weight excluding hydrogens is 367 g/mol. The quantitative estimate of drug-likeness (QED) is 0.292. The number of nitrogens with zero attached hydrogens (tertiary/aromatic N) is 2. The van der Waals surface area contributed by atoms with Crippen molar-refractivity contribution in [1.29, 1.82) is 0 Å². The molecule has 1 rings (SSSR count). The number of unbranched alkanes of at least 4 members (excludes halogenated alkanes) is 2. The molecule has 0 unspecified atom stereocenters. The van der Waals surface area contributed by atoms with Gasteiger partial charge in [0.2, 0.25) is 0 Å². The fourth-order valence-corrected chi connectivity index (χ4v) is 1.66. The molecular formula is C14H25IN4O. The summed E-state index contributed by atoms with van der Waals surface area (Å²) in [6.07, 6.45) is 5.90. The second-order valence-corrected chi connectivity index (χ2v) is 4.32. The van der Waals surface area contributed by atoms with Crippen LogP contribution in [0.25, 0.3) is 0 Å². The van der Waals surface area contributed by atoms with Crippen LogP contribution in [0.15, 0.2) is 29.4 Å². The first-order valence-corrected chi connectivity index (χ1v) is 6.75. The predicted molar refractivity (Wildman–Crippen MR) is 93.6 cm³/mol. The van der Waals surface area contributed by atoms with Gasteiger partial charge in [0.15, 0.2) is 5.96 Å². The maximum absolute atomic E-state index is 5.77. The van der Waals surface area contributed by atoms with E-state index in [9.17, 15) is 0 Å². The third-order valence-electron chi connectivity index (χ3n) is 2.70. The van der Waals surface area contributed by atoms with Crippen LogP contribution >= 0.6 is 24.0 Å². The minimum Gasteiger partial charge on any atom is -0.385 e. The highest BCUT2D eigenvalue weighted by Crippen LogP contribution is 1.95. The highest BCUT2D eigenvalue weighted by molar-refractivity contribution is 14.0. The van der Waals surface area contributed by atoms with E-state index in [1.807, 2.05) is 18.2 Å². The number of pyridine rings is 1. The number of ether oxygens (including phenoxy) is 1. The summed E-state index contributed by atoms with van der Waals surface area (Å²) in [6.45, 7) is 2.35. The zero-order valence-electron chi connectivity index (χ0n) is 12.0. The SMILES string of the molecule is COCCCCCN=C(N)NCCc1ccccn1.I. The van der Waals surface area contributed by atoms with Crippen molar-refractivity contribution >= 4 is 29.9 Å². The van der Waals surface area contributed by atoms with Crippen LogP contribution in [-0.4, -0.2) is 37.7 Å². The number of methoxy groups -OCH3 is 1. The van der Waals surface area contributed by atoms with Crippen molar-refractivity contribution in [1.82, 2.24) is 10.3 Å². The summed E-state index contributed by atoms with van der Waals surface area (Å²) in [5.74, 6) is 0.516. The van der Waals surface area contributed by atoms with Crippen LogP contribution in [0.1, 0.15) is 25.0 Å². The largest absolute Gasteiger partial charge is 0.385 e. The summed E-state index contributed by atoms with van der Waals surface area (Å²) in [5.41, 5.74) is 6.83. The molecule has 0 amide bonds. The van der Waals surface area contributed by atoms with Crippen molar-refractivity contribution in [3.8, 4) is 0 Å². The summed E-state index contributed by atoms with van der Waals surface area (Å²) in [6, 6.07) is 5.90. The van der Waals surface area contributed by atoms with Crippen molar-refractivity contribution in [2.75, 3.05) is 26.8 Å². The number of aromatic nitrogens is 1. The van der Waals surface area contributed by atoms with Gasteiger partial charge in [0.05, 0.1) is 0 Å². The van der Waals surface area contributed by atoms with E-state index in [4.69, 9.17) is 10.5 Å². The fraction of sp³-hybridized carbons (Fsp3) is 0.571. The minimum absolute atomic E-state index is 0. The highest BCUT2D eigenvalue weighted by Gasteiger charge is 1.94. The molecule has 0 spiro atoms. The Balaban J connectivity index is 0.00000361. The van der Waals surface area contributed by atoms with Crippen molar-refractivity contribution < 1.29 is 4.74 Å². The molecule has 0 aromatic carbocycles. The van der Waals surface area contributed by atoms with E-state index < -0.39 is 0 Å². The van der Waals surface area contributed by atoms with Crippen LogP contribution in [0.3, 0.4) is 0 Å². The number of nitrogens with two attached hydrogens (primary N) is 1. The fourth-order valence-electron chi connectivity index (χ4n) is 1.66. The molecule has 3 N–H and O–H groups in total. The Labute approximate surface area is 138 Å². The van der Waals surface area contributed by atoms with E-state index >= 15 is 0 Å². The second-order valence-electron chi connectivity index (χ2n) is 4.32. The second kappa shape index (κ2) is 13.1. The number of rotatable bonds is 9. The van der Waals surface area contributed by atoms with E-state index in [0.29, 0.717) is 5.96 Å². The van der Waals surface area contributed by atoms with Gasteiger partial charge in [-0.1, -0.05) is 6.07 Å². The van der Waals surface area contributed by atoms with Gasteiger partial charge < -0.3 is 15.8 Å². The molecule has 0 atom stereocenters. The van der Waals surface area contributed by atoms with Crippen molar-refractivity contribution in [2.45, 2.75) is 25.7 Å². The van der Waals surface area contributed by atoms with E-state index in [2.05, 4.69) is 15.3 Å². The van der Waals surface area contributed by atoms with Crippen molar-refractivity contribution in [3.05, 3.63) is 30.1 Å². The van der Waals surface area contributed by atoms with Crippen LogP contribution in [-0.2, 0) is 11.2 Å². The summed E-state index contributed by atoms with van der Waals surface area (Å²) >= 11 is 0. The normalized spacial score (nSPS) is 10.9. The number of halogens is 1. The number of nitrogens with one attached hydrogen (secondary N) is 1. The van der Waals surface area contributed by atoms with Gasteiger partial charge in [0.25, 0.3) is 0 Å². The Bertz CT molecular complexity index is 359. The smallest absolute Gasteiger partial charge is 0.188 e.